The van der Waals surface area contributed by atoms with E-state index in [0.29, 0.717) is 5.56 Å². The third-order valence-electron chi connectivity index (χ3n) is 2.64. The van der Waals surface area contributed by atoms with Crippen molar-refractivity contribution in [3.8, 4) is 5.75 Å². The van der Waals surface area contributed by atoms with Crippen molar-refractivity contribution in [1.82, 2.24) is 0 Å². The molecular formula is C16H14O2. The van der Waals surface area contributed by atoms with E-state index in [2.05, 4.69) is 0 Å². The normalized spacial score (nSPS) is 10.7. The highest BCUT2D eigenvalue weighted by atomic mass is 16.3. The average Bonchev–Trinajstić information content (AvgIpc) is 2.40. The molecule has 0 unspecified atom stereocenters. The van der Waals surface area contributed by atoms with Crippen LogP contribution in [0.2, 0.25) is 0 Å². The molecule has 90 valence electrons. The van der Waals surface area contributed by atoms with E-state index in [-0.39, 0.29) is 11.5 Å². The molecule has 0 heterocycles. The summed E-state index contributed by atoms with van der Waals surface area (Å²) >= 11 is 0. The van der Waals surface area contributed by atoms with Crippen molar-refractivity contribution < 1.29 is 9.90 Å². The highest BCUT2D eigenvalue weighted by Crippen LogP contribution is 2.19. The second-order valence-electron chi connectivity index (χ2n) is 4.13. The van der Waals surface area contributed by atoms with Gasteiger partial charge in [-0.25, -0.2) is 0 Å². The van der Waals surface area contributed by atoms with Crippen LogP contribution in [0.3, 0.4) is 0 Å². The van der Waals surface area contributed by atoms with E-state index in [4.69, 9.17) is 0 Å². The standard InChI is InChI=1S/C16H14O2/c1-12-7-9-15(17)14(11-12)16(18)10-8-13-5-3-2-4-6-13/h2-11,17H,1H3/b10-8+. The maximum atomic E-state index is 11.9. The molecule has 0 aliphatic heterocycles. The van der Waals surface area contributed by atoms with Gasteiger partial charge in [0, 0.05) is 0 Å². The van der Waals surface area contributed by atoms with Gasteiger partial charge in [-0.3, -0.25) is 4.79 Å². The third-order valence-corrected chi connectivity index (χ3v) is 2.64. The monoisotopic (exact) mass is 238 g/mol. The smallest absolute Gasteiger partial charge is 0.189 e. The molecule has 0 radical (unpaired) electrons. The van der Waals surface area contributed by atoms with Crippen LogP contribution in [0.25, 0.3) is 6.08 Å². The van der Waals surface area contributed by atoms with Gasteiger partial charge < -0.3 is 5.11 Å². The molecule has 2 aromatic carbocycles. The number of phenols is 1. The van der Waals surface area contributed by atoms with E-state index >= 15 is 0 Å². The molecule has 2 rings (SSSR count). The topological polar surface area (TPSA) is 37.3 Å². The van der Waals surface area contributed by atoms with Crippen LogP contribution in [0.15, 0.2) is 54.6 Å². The Balaban J connectivity index is 2.22. The first-order valence-corrected chi connectivity index (χ1v) is 5.74. The first kappa shape index (κ1) is 12.1. The van der Waals surface area contributed by atoms with Crippen molar-refractivity contribution in [3.63, 3.8) is 0 Å². The van der Waals surface area contributed by atoms with Crippen molar-refractivity contribution >= 4 is 11.9 Å². The zero-order valence-corrected chi connectivity index (χ0v) is 10.1. The summed E-state index contributed by atoms with van der Waals surface area (Å²) in [5.74, 6) is -0.177. The summed E-state index contributed by atoms with van der Waals surface area (Å²) in [4.78, 5) is 11.9. The van der Waals surface area contributed by atoms with Gasteiger partial charge >= 0.3 is 0 Å². The number of carbonyl (C=O) groups excluding carboxylic acids is 1. The molecule has 2 aromatic rings. The van der Waals surface area contributed by atoms with Gasteiger partial charge in [0.1, 0.15) is 5.75 Å². The summed E-state index contributed by atoms with van der Waals surface area (Å²) in [6.07, 6.45) is 3.22. The number of aromatic hydroxyl groups is 1. The highest BCUT2D eigenvalue weighted by molar-refractivity contribution is 6.08. The van der Waals surface area contributed by atoms with E-state index in [1.807, 2.05) is 37.3 Å². The predicted molar refractivity (Wildman–Crippen MR) is 72.7 cm³/mol. The SMILES string of the molecule is Cc1ccc(O)c(C(=O)/C=C/c2ccccc2)c1. The van der Waals surface area contributed by atoms with Gasteiger partial charge in [0.2, 0.25) is 0 Å². The maximum absolute atomic E-state index is 11.9. The molecule has 2 heteroatoms. The Morgan fingerprint density at radius 1 is 1.11 bits per heavy atom. The molecule has 0 fully saturated rings. The summed E-state index contributed by atoms with van der Waals surface area (Å²) in [7, 11) is 0. The fourth-order valence-corrected chi connectivity index (χ4v) is 1.67. The second kappa shape index (κ2) is 5.32. The number of carbonyl (C=O) groups is 1. The number of rotatable bonds is 3. The Labute approximate surface area is 106 Å². The maximum Gasteiger partial charge on any atom is 0.189 e. The minimum absolute atomic E-state index is 0.0170. The van der Waals surface area contributed by atoms with Crippen molar-refractivity contribution in [1.29, 1.82) is 0 Å². The molecular weight excluding hydrogens is 224 g/mol. The van der Waals surface area contributed by atoms with Crippen molar-refractivity contribution in [2.45, 2.75) is 6.92 Å². The van der Waals surface area contributed by atoms with Gasteiger partial charge in [0.25, 0.3) is 0 Å². The largest absolute Gasteiger partial charge is 0.507 e. The van der Waals surface area contributed by atoms with Crippen LogP contribution in [0.4, 0.5) is 0 Å². The molecule has 0 atom stereocenters. The Kier molecular flexibility index (Phi) is 3.58. The Morgan fingerprint density at radius 3 is 2.56 bits per heavy atom. The summed E-state index contributed by atoms with van der Waals surface area (Å²) in [6.45, 7) is 1.89. The highest BCUT2D eigenvalue weighted by Gasteiger charge is 2.07. The number of hydrogen-bond acceptors (Lipinski definition) is 2. The number of phenolic OH excluding ortho intramolecular Hbond substituents is 1. The lowest BCUT2D eigenvalue weighted by Gasteiger charge is -2.01. The first-order valence-electron chi connectivity index (χ1n) is 5.74. The van der Waals surface area contributed by atoms with Gasteiger partial charge in [-0.05, 0) is 30.7 Å². The summed E-state index contributed by atoms with van der Waals surface area (Å²) < 4.78 is 0. The quantitative estimate of drug-likeness (QED) is 0.655. The van der Waals surface area contributed by atoms with Gasteiger partial charge in [0.15, 0.2) is 5.78 Å². The second-order valence-corrected chi connectivity index (χ2v) is 4.13. The zero-order valence-electron chi connectivity index (χ0n) is 10.1. The van der Waals surface area contributed by atoms with E-state index < -0.39 is 0 Å². The molecule has 0 aromatic heterocycles. The van der Waals surface area contributed by atoms with Crippen molar-refractivity contribution in [2.75, 3.05) is 0 Å². The third kappa shape index (κ3) is 2.86. The first-order chi connectivity index (χ1) is 8.66. The number of ketones is 1. The molecule has 0 amide bonds. The van der Waals surface area contributed by atoms with Gasteiger partial charge in [0.05, 0.1) is 5.56 Å². The zero-order chi connectivity index (χ0) is 13.0. The van der Waals surface area contributed by atoms with Crippen LogP contribution in [0.1, 0.15) is 21.5 Å². The Hall–Kier alpha value is -2.35. The fourth-order valence-electron chi connectivity index (χ4n) is 1.67. The van der Waals surface area contributed by atoms with Crippen LogP contribution in [0, 0.1) is 6.92 Å². The van der Waals surface area contributed by atoms with Crippen LogP contribution in [0.5, 0.6) is 5.75 Å². The summed E-state index contributed by atoms with van der Waals surface area (Å²) in [6, 6.07) is 14.6. The lowest BCUT2D eigenvalue weighted by Crippen LogP contribution is -1.95. The predicted octanol–water partition coefficient (Wildman–Crippen LogP) is 3.60. The Morgan fingerprint density at radius 2 is 1.83 bits per heavy atom. The van der Waals surface area contributed by atoms with Crippen LogP contribution < -0.4 is 0 Å². The van der Waals surface area contributed by atoms with E-state index in [0.717, 1.165) is 11.1 Å². The van der Waals surface area contributed by atoms with Crippen molar-refractivity contribution in [2.24, 2.45) is 0 Å². The lowest BCUT2D eigenvalue weighted by atomic mass is 10.1. The lowest BCUT2D eigenvalue weighted by molar-refractivity contribution is 0.104. The molecule has 0 aliphatic rings. The molecule has 0 saturated carbocycles. The minimum Gasteiger partial charge on any atom is -0.507 e. The molecule has 0 aliphatic carbocycles. The van der Waals surface area contributed by atoms with Gasteiger partial charge in [-0.1, -0.05) is 48.0 Å². The summed E-state index contributed by atoms with van der Waals surface area (Å²) in [5.41, 5.74) is 2.24. The van der Waals surface area contributed by atoms with Gasteiger partial charge in [-0.2, -0.15) is 0 Å². The molecule has 0 saturated heterocycles. The molecule has 2 nitrogen and oxygen atoms in total. The summed E-state index contributed by atoms with van der Waals surface area (Å²) in [5, 5.41) is 9.65. The number of benzene rings is 2. The van der Waals surface area contributed by atoms with E-state index in [1.54, 1.807) is 24.3 Å². The Bertz CT molecular complexity index is 583. The fraction of sp³-hybridized carbons (Fsp3) is 0.0625. The number of allylic oxidation sites excluding steroid dienone is 1. The van der Waals surface area contributed by atoms with Gasteiger partial charge in [-0.15, -0.1) is 0 Å². The number of aryl methyl sites for hydroxylation is 1. The average molecular weight is 238 g/mol. The van der Waals surface area contributed by atoms with E-state index in [1.165, 1.54) is 6.08 Å². The molecule has 1 N–H and O–H groups in total. The molecule has 0 bridgehead atoms. The number of hydrogen-bond donors (Lipinski definition) is 1. The molecule has 0 spiro atoms. The van der Waals surface area contributed by atoms with E-state index in [9.17, 15) is 9.90 Å². The van der Waals surface area contributed by atoms with Crippen LogP contribution in [-0.2, 0) is 0 Å². The molecule has 18 heavy (non-hydrogen) atoms. The van der Waals surface area contributed by atoms with Crippen molar-refractivity contribution in [3.05, 3.63) is 71.3 Å². The van der Waals surface area contributed by atoms with Crippen LogP contribution >= 0.6 is 0 Å². The van der Waals surface area contributed by atoms with Crippen LogP contribution in [-0.4, -0.2) is 10.9 Å². The minimum atomic E-state index is -0.194.